The van der Waals surface area contributed by atoms with Crippen molar-refractivity contribution >= 4 is 5.96 Å². The number of nitrogens with one attached hydrogen (secondary N) is 1. The molecule has 1 aliphatic rings. The Balaban J connectivity index is 2.42. The number of hydrogen-bond acceptors (Lipinski definition) is 1. The molecule has 1 aliphatic carbocycles. The maximum absolute atomic E-state index is 5.74. The van der Waals surface area contributed by atoms with Crippen LogP contribution < -0.4 is 11.1 Å². The van der Waals surface area contributed by atoms with Crippen LogP contribution in [0.4, 0.5) is 0 Å². The Labute approximate surface area is 87.2 Å². The molecule has 3 heteroatoms. The van der Waals surface area contributed by atoms with Crippen LogP contribution >= 0.6 is 0 Å². The molecule has 0 aromatic heterocycles. The number of guanidine groups is 1. The first-order valence-corrected chi connectivity index (χ1v) is 5.60. The predicted octanol–water partition coefficient (Wildman–Crippen LogP) is 1.88. The third-order valence-electron chi connectivity index (χ3n) is 2.89. The molecule has 14 heavy (non-hydrogen) atoms. The monoisotopic (exact) mass is 197 g/mol. The van der Waals surface area contributed by atoms with Gasteiger partial charge in [-0.1, -0.05) is 20.3 Å². The third-order valence-corrected chi connectivity index (χ3v) is 2.89. The topological polar surface area (TPSA) is 50.4 Å². The number of aliphatic imine (C=N–C) groups is 1. The molecule has 1 unspecified atom stereocenters. The summed E-state index contributed by atoms with van der Waals surface area (Å²) in [5.74, 6) is 0.607. The van der Waals surface area contributed by atoms with Gasteiger partial charge in [0, 0.05) is 12.6 Å². The molecule has 3 N–H and O–H groups in total. The fraction of sp³-hybridized carbons (Fsp3) is 0.909. The largest absolute Gasteiger partial charge is 0.370 e. The lowest BCUT2D eigenvalue weighted by Crippen LogP contribution is -2.44. The summed E-state index contributed by atoms with van der Waals surface area (Å²) in [6.07, 6.45) is 5.05. The summed E-state index contributed by atoms with van der Waals surface area (Å²) < 4.78 is 0. The van der Waals surface area contributed by atoms with Crippen molar-refractivity contribution in [3.05, 3.63) is 0 Å². The molecule has 0 radical (unpaired) electrons. The molecule has 1 rings (SSSR count). The highest BCUT2D eigenvalue weighted by Crippen LogP contribution is 2.34. The summed E-state index contributed by atoms with van der Waals surface area (Å²) in [4.78, 5) is 4.15. The molecule has 1 fully saturated rings. The van der Waals surface area contributed by atoms with E-state index in [2.05, 4.69) is 24.2 Å². The molecule has 0 amide bonds. The van der Waals surface area contributed by atoms with E-state index in [-0.39, 0.29) is 0 Å². The van der Waals surface area contributed by atoms with Gasteiger partial charge in [-0.3, -0.25) is 4.99 Å². The van der Waals surface area contributed by atoms with Crippen molar-refractivity contribution in [1.82, 2.24) is 5.32 Å². The van der Waals surface area contributed by atoms with Crippen molar-refractivity contribution in [1.29, 1.82) is 0 Å². The van der Waals surface area contributed by atoms with Crippen molar-refractivity contribution < 1.29 is 0 Å². The van der Waals surface area contributed by atoms with Gasteiger partial charge in [-0.15, -0.1) is 0 Å². The second-order valence-electron chi connectivity index (χ2n) is 4.96. The van der Waals surface area contributed by atoms with Gasteiger partial charge in [0.2, 0.25) is 0 Å². The second kappa shape index (κ2) is 4.67. The molecule has 3 nitrogen and oxygen atoms in total. The summed E-state index contributed by atoms with van der Waals surface area (Å²) in [5.41, 5.74) is 6.20. The van der Waals surface area contributed by atoms with E-state index in [4.69, 9.17) is 5.73 Å². The highest BCUT2D eigenvalue weighted by atomic mass is 15.1. The van der Waals surface area contributed by atoms with Crippen LogP contribution in [0.5, 0.6) is 0 Å². The van der Waals surface area contributed by atoms with Crippen LogP contribution in [0.2, 0.25) is 0 Å². The molecule has 1 saturated carbocycles. The van der Waals surface area contributed by atoms with Gasteiger partial charge in [-0.05, 0) is 31.6 Å². The first-order valence-electron chi connectivity index (χ1n) is 5.60. The molecule has 0 saturated heterocycles. The van der Waals surface area contributed by atoms with E-state index >= 15 is 0 Å². The molecule has 0 spiro atoms. The summed E-state index contributed by atoms with van der Waals surface area (Å²) >= 11 is 0. The quantitative estimate of drug-likeness (QED) is 0.524. The highest BCUT2D eigenvalue weighted by Gasteiger charge is 2.27. The minimum atomic E-state index is 0.461. The lowest BCUT2D eigenvalue weighted by atomic mass is 9.75. The first kappa shape index (κ1) is 11.3. The molecule has 0 heterocycles. The van der Waals surface area contributed by atoms with Gasteiger partial charge in [-0.2, -0.15) is 0 Å². The van der Waals surface area contributed by atoms with E-state index in [1.165, 1.54) is 25.7 Å². The molecular weight excluding hydrogens is 174 g/mol. The summed E-state index contributed by atoms with van der Waals surface area (Å²) in [6, 6.07) is 0.522. The van der Waals surface area contributed by atoms with Crippen LogP contribution in [0, 0.1) is 5.41 Å². The summed E-state index contributed by atoms with van der Waals surface area (Å²) in [6.45, 7) is 7.41. The highest BCUT2D eigenvalue weighted by molar-refractivity contribution is 5.78. The van der Waals surface area contributed by atoms with E-state index < -0.39 is 0 Å². The molecule has 0 aromatic carbocycles. The van der Waals surface area contributed by atoms with Crippen molar-refractivity contribution in [2.75, 3.05) is 6.54 Å². The minimum absolute atomic E-state index is 0.461. The van der Waals surface area contributed by atoms with Gasteiger partial charge >= 0.3 is 0 Å². The molecule has 0 bridgehead atoms. The van der Waals surface area contributed by atoms with Gasteiger partial charge in [0.15, 0.2) is 5.96 Å². The third kappa shape index (κ3) is 3.56. The fourth-order valence-corrected chi connectivity index (χ4v) is 2.25. The van der Waals surface area contributed by atoms with E-state index in [9.17, 15) is 0 Å². The zero-order chi connectivity index (χ0) is 10.6. The number of hydrogen-bond donors (Lipinski definition) is 2. The number of nitrogens with two attached hydrogens (primary N) is 1. The van der Waals surface area contributed by atoms with Crippen LogP contribution in [0.15, 0.2) is 4.99 Å². The number of rotatable bonds is 2. The average molecular weight is 197 g/mol. The lowest BCUT2D eigenvalue weighted by molar-refractivity contribution is 0.210. The van der Waals surface area contributed by atoms with E-state index in [0.717, 1.165) is 6.54 Å². The Kier molecular flexibility index (Phi) is 3.78. The molecule has 1 atom stereocenters. The van der Waals surface area contributed by atoms with Gasteiger partial charge in [0.05, 0.1) is 0 Å². The zero-order valence-corrected chi connectivity index (χ0v) is 9.64. The fourth-order valence-electron chi connectivity index (χ4n) is 2.25. The Morgan fingerprint density at radius 3 is 2.86 bits per heavy atom. The summed E-state index contributed by atoms with van der Waals surface area (Å²) in [5, 5.41) is 3.30. The van der Waals surface area contributed by atoms with Crippen molar-refractivity contribution in [3.63, 3.8) is 0 Å². The first-order chi connectivity index (χ1) is 6.53. The standard InChI is InChI=1S/C11H23N3/c1-4-13-10(12)14-9-6-5-7-11(2,3)8-9/h9H,4-8H2,1-3H3,(H3,12,13,14). The van der Waals surface area contributed by atoms with Crippen LogP contribution in [-0.4, -0.2) is 18.5 Å². The Bertz CT molecular complexity index is 209. The SMILES string of the molecule is CCN=C(N)NC1CCCC(C)(C)C1. The van der Waals surface area contributed by atoms with Crippen LogP contribution in [0.1, 0.15) is 46.5 Å². The number of nitrogens with zero attached hydrogens (tertiary/aromatic N) is 1. The Morgan fingerprint density at radius 1 is 1.57 bits per heavy atom. The second-order valence-corrected chi connectivity index (χ2v) is 4.96. The zero-order valence-electron chi connectivity index (χ0n) is 9.64. The van der Waals surface area contributed by atoms with E-state index in [0.29, 0.717) is 17.4 Å². The molecule has 82 valence electrons. The smallest absolute Gasteiger partial charge is 0.188 e. The molecular formula is C11H23N3. The van der Waals surface area contributed by atoms with Crippen LogP contribution in [0.25, 0.3) is 0 Å². The van der Waals surface area contributed by atoms with Gasteiger partial charge in [0.25, 0.3) is 0 Å². The van der Waals surface area contributed by atoms with Crippen molar-refractivity contribution in [2.24, 2.45) is 16.1 Å². The normalized spacial score (nSPS) is 27.4. The molecule has 0 aromatic rings. The predicted molar refractivity (Wildman–Crippen MR) is 61.3 cm³/mol. The van der Waals surface area contributed by atoms with E-state index in [1.807, 2.05) is 6.92 Å². The average Bonchev–Trinajstić information content (AvgIpc) is 2.02. The summed E-state index contributed by atoms with van der Waals surface area (Å²) in [7, 11) is 0. The van der Waals surface area contributed by atoms with Gasteiger partial charge in [0.1, 0.15) is 0 Å². The van der Waals surface area contributed by atoms with E-state index in [1.54, 1.807) is 0 Å². The maximum atomic E-state index is 5.74. The lowest BCUT2D eigenvalue weighted by Gasteiger charge is -2.35. The minimum Gasteiger partial charge on any atom is -0.370 e. The Hall–Kier alpha value is -0.730. The van der Waals surface area contributed by atoms with Crippen molar-refractivity contribution in [2.45, 2.75) is 52.5 Å². The van der Waals surface area contributed by atoms with Crippen LogP contribution in [0.3, 0.4) is 0 Å². The van der Waals surface area contributed by atoms with Crippen LogP contribution in [-0.2, 0) is 0 Å². The van der Waals surface area contributed by atoms with Gasteiger partial charge < -0.3 is 11.1 Å². The maximum Gasteiger partial charge on any atom is 0.188 e. The molecule has 0 aliphatic heterocycles. The van der Waals surface area contributed by atoms with Gasteiger partial charge in [-0.25, -0.2) is 0 Å². The Morgan fingerprint density at radius 2 is 2.29 bits per heavy atom. The van der Waals surface area contributed by atoms with Crippen molar-refractivity contribution in [3.8, 4) is 0 Å².